The van der Waals surface area contributed by atoms with Gasteiger partial charge in [-0.3, -0.25) is 9.89 Å². The fourth-order valence-electron chi connectivity index (χ4n) is 3.18. The first-order valence-corrected chi connectivity index (χ1v) is 9.96. The summed E-state index contributed by atoms with van der Waals surface area (Å²) in [6, 6.07) is 6.07. The van der Waals surface area contributed by atoms with Gasteiger partial charge in [-0.1, -0.05) is 49.6 Å². The van der Waals surface area contributed by atoms with Crippen LogP contribution in [0.15, 0.2) is 29.4 Å². The van der Waals surface area contributed by atoms with E-state index < -0.39 is 6.61 Å². The number of hydrogen-bond donors (Lipinski definition) is 2. The van der Waals surface area contributed by atoms with E-state index in [1.165, 1.54) is 49.6 Å². The van der Waals surface area contributed by atoms with Crippen LogP contribution in [0.4, 0.5) is 14.5 Å². The zero-order valence-corrected chi connectivity index (χ0v) is 15.6. The van der Waals surface area contributed by atoms with E-state index in [9.17, 15) is 13.6 Å². The molecule has 0 bridgehead atoms. The molecule has 1 aromatic heterocycles. The van der Waals surface area contributed by atoms with Gasteiger partial charge in [-0.2, -0.15) is 8.78 Å². The van der Waals surface area contributed by atoms with Crippen LogP contribution in [0.1, 0.15) is 37.9 Å². The lowest BCUT2D eigenvalue weighted by atomic mass is 10.0. The van der Waals surface area contributed by atoms with E-state index in [0.717, 1.165) is 24.6 Å². The van der Waals surface area contributed by atoms with Gasteiger partial charge in [-0.15, -0.1) is 5.10 Å². The summed E-state index contributed by atoms with van der Waals surface area (Å²) in [5, 5.41) is 10.1. The molecule has 0 saturated heterocycles. The second kappa shape index (κ2) is 9.68. The number of halogens is 2. The van der Waals surface area contributed by atoms with Crippen molar-refractivity contribution in [1.82, 2.24) is 15.2 Å². The van der Waals surface area contributed by atoms with Crippen molar-refractivity contribution in [2.24, 2.45) is 5.92 Å². The van der Waals surface area contributed by atoms with Crippen molar-refractivity contribution in [3.8, 4) is 5.75 Å². The molecule has 1 aliphatic rings. The number of carbonyl (C=O) groups excluding carboxylic acids is 1. The monoisotopic (exact) mass is 396 g/mol. The summed E-state index contributed by atoms with van der Waals surface area (Å²) in [5.74, 6) is 1.27. The lowest BCUT2D eigenvalue weighted by Crippen LogP contribution is -2.15. The summed E-state index contributed by atoms with van der Waals surface area (Å²) in [5.41, 5.74) is 0.204. The van der Waals surface area contributed by atoms with E-state index >= 15 is 0 Å². The predicted octanol–water partition coefficient (Wildman–Crippen LogP) is 4.26. The first kappa shape index (κ1) is 19.6. The Morgan fingerprint density at radius 3 is 2.89 bits per heavy atom. The van der Waals surface area contributed by atoms with Gasteiger partial charge in [0.05, 0.1) is 11.4 Å². The van der Waals surface area contributed by atoms with Crippen LogP contribution in [0.3, 0.4) is 0 Å². The number of ether oxygens (including phenoxy) is 1. The van der Waals surface area contributed by atoms with Crippen LogP contribution in [0.5, 0.6) is 5.75 Å². The average Bonchev–Trinajstić information content (AvgIpc) is 3.31. The molecule has 0 radical (unpaired) electrons. The number of aryl methyl sites for hydroxylation is 1. The first-order valence-electron chi connectivity index (χ1n) is 8.98. The van der Waals surface area contributed by atoms with Crippen molar-refractivity contribution in [3.63, 3.8) is 0 Å². The van der Waals surface area contributed by atoms with E-state index in [4.69, 9.17) is 0 Å². The van der Waals surface area contributed by atoms with Crippen molar-refractivity contribution in [2.45, 2.75) is 50.3 Å². The number of hydrogen-bond acceptors (Lipinski definition) is 5. The molecule has 27 heavy (non-hydrogen) atoms. The molecule has 1 heterocycles. The third kappa shape index (κ3) is 6.20. The summed E-state index contributed by atoms with van der Waals surface area (Å²) in [6.07, 6.45) is 7.22. The minimum Gasteiger partial charge on any atom is -0.433 e. The largest absolute Gasteiger partial charge is 0.433 e. The number of benzene rings is 1. The van der Waals surface area contributed by atoms with Gasteiger partial charge in [0, 0.05) is 6.42 Å². The van der Waals surface area contributed by atoms with Crippen molar-refractivity contribution in [1.29, 1.82) is 0 Å². The maximum Gasteiger partial charge on any atom is 0.387 e. The number of thioether (sulfide) groups is 1. The molecule has 2 aromatic rings. The van der Waals surface area contributed by atoms with Crippen molar-refractivity contribution in [2.75, 3.05) is 11.1 Å². The zero-order chi connectivity index (χ0) is 19.1. The van der Waals surface area contributed by atoms with Gasteiger partial charge in [-0.25, -0.2) is 4.98 Å². The average molecular weight is 396 g/mol. The summed E-state index contributed by atoms with van der Waals surface area (Å²) in [6.45, 7) is -2.95. The highest BCUT2D eigenvalue weighted by Gasteiger charge is 2.16. The highest BCUT2D eigenvalue weighted by Crippen LogP contribution is 2.28. The first-order chi connectivity index (χ1) is 13.1. The molecule has 146 valence electrons. The molecular weight excluding hydrogens is 374 g/mol. The fourth-order valence-corrected chi connectivity index (χ4v) is 3.80. The molecule has 0 unspecified atom stereocenters. The number of nitrogens with zero attached hydrogens (tertiary/aromatic N) is 2. The van der Waals surface area contributed by atoms with E-state index in [1.54, 1.807) is 12.1 Å². The van der Waals surface area contributed by atoms with Crippen LogP contribution in [-0.2, 0) is 11.2 Å². The molecule has 9 heteroatoms. The number of alkyl halides is 2. The van der Waals surface area contributed by atoms with E-state index in [2.05, 4.69) is 25.2 Å². The van der Waals surface area contributed by atoms with Gasteiger partial charge in [0.15, 0.2) is 0 Å². The Bertz CT molecular complexity index is 750. The Kier molecular flexibility index (Phi) is 7.03. The van der Waals surface area contributed by atoms with Crippen LogP contribution >= 0.6 is 11.8 Å². The van der Waals surface area contributed by atoms with Gasteiger partial charge < -0.3 is 10.1 Å². The normalized spacial score (nSPS) is 14.6. The number of anilines is 1. The number of rotatable bonds is 9. The van der Waals surface area contributed by atoms with Crippen molar-refractivity contribution < 1.29 is 18.3 Å². The van der Waals surface area contributed by atoms with Crippen LogP contribution in [0, 0.1) is 5.92 Å². The van der Waals surface area contributed by atoms with Crippen LogP contribution in [-0.4, -0.2) is 33.5 Å². The Labute approximate surface area is 160 Å². The molecule has 1 fully saturated rings. The lowest BCUT2D eigenvalue weighted by Gasteiger charge is -2.11. The molecule has 6 nitrogen and oxygen atoms in total. The Balaban J connectivity index is 1.45. The topological polar surface area (TPSA) is 79.9 Å². The van der Waals surface area contributed by atoms with Crippen molar-refractivity contribution >= 4 is 23.4 Å². The maximum atomic E-state index is 12.4. The third-order valence-corrected chi connectivity index (χ3v) is 5.33. The second-order valence-electron chi connectivity index (χ2n) is 6.47. The van der Waals surface area contributed by atoms with Crippen molar-refractivity contribution in [3.05, 3.63) is 30.1 Å². The highest BCUT2D eigenvalue weighted by atomic mass is 32.2. The molecule has 1 saturated carbocycles. The molecule has 1 aromatic carbocycles. The minimum absolute atomic E-state index is 0.0713. The van der Waals surface area contributed by atoms with Gasteiger partial charge >= 0.3 is 6.61 Å². The summed E-state index contributed by atoms with van der Waals surface area (Å²) in [7, 11) is 0. The smallest absolute Gasteiger partial charge is 0.387 e. The SMILES string of the molecule is O=C(CSc1n[nH]c(CCC2CCCC2)n1)Nc1ccccc1OC(F)F. The number of aromatic nitrogens is 3. The number of H-pyrrole nitrogens is 1. The Morgan fingerprint density at radius 2 is 2.11 bits per heavy atom. The Morgan fingerprint density at radius 1 is 1.33 bits per heavy atom. The van der Waals surface area contributed by atoms with Gasteiger partial charge in [0.25, 0.3) is 0 Å². The van der Waals surface area contributed by atoms with Crippen LogP contribution in [0.25, 0.3) is 0 Å². The molecule has 1 amide bonds. The van der Waals surface area contributed by atoms with E-state index in [-0.39, 0.29) is 23.1 Å². The summed E-state index contributed by atoms with van der Waals surface area (Å²) in [4.78, 5) is 16.5. The standard InChI is InChI=1S/C18H22F2N4O2S/c19-17(20)26-14-8-4-3-7-13(14)21-16(25)11-27-18-22-15(23-24-18)10-9-12-5-1-2-6-12/h3-4,7-8,12,17H,1-2,5-6,9-11H2,(H,21,25)(H,22,23,24). The molecule has 0 aliphatic heterocycles. The molecule has 3 rings (SSSR count). The number of nitrogens with one attached hydrogen (secondary N) is 2. The number of aromatic amines is 1. The molecule has 2 N–H and O–H groups in total. The number of para-hydroxylation sites is 2. The molecule has 0 atom stereocenters. The van der Waals surface area contributed by atoms with Crippen LogP contribution in [0.2, 0.25) is 0 Å². The van der Waals surface area contributed by atoms with Gasteiger partial charge in [0.1, 0.15) is 11.6 Å². The Hall–Kier alpha value is -2.16. The van der Waals surface area contributed by atoms with Gasteiger partial charge in [-0.05, 0) is 24.5 Å². The zero-order valence-electron chi connectivity index (χ0n) is 14.8. The summed E-state index contributed by atoms with van der Waals surface area (Å²) >= 11 is 1.19. The maximum absolute atomic E-state index is 12.4. The fraction of sp³-hybridized carbons (Fsp3) is 0.500. The predicted molar refractivity (Wildman–Crippen MR) is 99.1 cm³/mol. The van der Waals surface area contributed by atoms with E-state index in [0.29, 0.717) is 5.16 Å². The number of amides is 1. The van der Waals surface area contributed by atoms with Crippen LogP contribution < -0.4 is 10.1 Å². The molecular formula is C18H22F2N4O2S. The molecule has 0 spiro atoms. The third-order valence-electron chi connectivity index (χ3n) is 4.48. The summed E-state index contributed by atoms with van der Waals surface area (Å²) < 4.78 is 29.2. The minimum atomic E-state index is -2.95. The number of carbonyl (C=O) groups is 1. The molecule has 1 aliphatic carbocycles. The second-order valence-corrected chi connectivity index (χ2v) is 7.41. The highest BCUT2D eigenvalue weighted by molar-refractivity contribution is 7.99. The van der Waals surface area contributed by atoms with E-state index in [1.807, 2.05) is 0 Å². The lowest BCUT2D eigenvalue weighted by molar-refractivity contribution is -0.113. The quantitative estimate of drug-likeness (QED) is 0.619. The van der Waals surface area contributed by atoms with Gasteiger partial charge in [0.2, 0.25) is 11.1 Å².